The summed E-state index contributed by atoms with van der Waals surface area (Å²) < 4.78 is 5.31. The van der Waals surface area contributed by atoms with Crippen LogP contribution >= 0.6 is 0 Å². The Hall–Kier alpha value is -2.06. The molecule has 1 aliphatic rings. The highest BCUT2D eigenvalue weighted by Crippen LogP contribution is 2.18. The molecule has 0 aliphatic carbocycles. The molecule has 1 atom stereocenters. The fourth-order valence-corrected chi connectivity index (χ4v) is 2.01. The lowest BCUT2D eigenvalue weighted by molar-refractivity contribution is 0.0759. The van der Waals surface area contributed by atoms with E-state index in [1.54, 1.807) is 0 Å². The Bertz CT molecular complexity index is 538. The number of anilines is 1. The number of aromatic amines is 1. The van der Waals surface area contributed by atoms with E-state index in [-0.39, 0.29) is 6.10 Å². The third-order valence-corrected chi connectivity index (χ3v) is 2.89. The van der Waals surface area contributed by atoms with Gasteiger partial charge in [-0.15, -0.1) is 0 Å². The Balaban J connectivity index is 1.90. The zero-order valence-corrected chi connectivity index (χ0v) is 9.26. The summed E-state index contributed by atoms with van der Waals surface area (Å²) in [4.78, 5) is 9.82. The molecular formula is C12H12N4O. The van der Waals surface area contributed by atoms with Crippen molar-refractivity contribution in [1.29, 1.82) is 5.26 Å². The Morgan fingerprint density at radius 1 is 1.47 bits per heavy atom. The standard InChI is InChI=1S/C12H12N4O/c13-7-9-8-16(5-6-17-9)12-14-10-3-1-2-4-11(10)15-12/h1-4,9H,5-6,8H2,(H,14,15). The number of ether oxygens (including phenoxy) is 1. The topological polar surface area (TPSA) is 64.9 Å². The monoisotopic (exact) mass is 228 g/mol. The molecule has 5 nitrogen and oxygen atoms in total. The van der Waals surface area contributed by atoms with Gasteiger partial charge in [0.1, 0.15) is 0 Å². The third kappa shape index (κ3) is 1.83. The molecule has 0 saturated carbocycles. The summed E-state index contributed by atoms with van der Waals surface area (Å²) in [5.74, 6) is 0.815. The predicted molar refractivity (Wildman–Crippen MR) is 63.7 cm³/mol. The van der Waals surface area contributed by atoms with Crippen molar-refractivity contribution >= 4 is 17.0 Å². The number of rotatable bonds is 1. The van der Waals surface area contributed by atoms with Crippen LogP contribution in [0.5, 0.6) is 0 Å². The smallest absolute Gasteiger partial charge is 0.204 e. The highest BCUT2D eigenvalue weighted by molar-refractivity contribution is 5.77. The van der Waals surface area contributed by atoms with Crippen molar-refractivity contribution in [3.8, 4) is 6.07 Å². The minimum Gasteiger partial charge on any atom is -0.360 e. The molecule has 1 fully saturated rings. The van der Waals surface area contributed by atoms with Crippen LogP contribution in [0, 0.1) is 11.3 Å². The molecule has 1 unspecified atom stereocenters. The normalized spacial score (nSPS) is 20.4. The summed E-state index contributed by atoms with van der Waals surface area (Å²) in [5.41, 5.74) is 1.96. The van der Waals surface area contributed by atoms with Gasteiger partial charge in [-0.2, -0.15) is 5.26 Å². The Morgan fingerprint density at radius 3 is 3.18 bits per heavy atom. The van der Waals surface area contributed by atoms with Crippen molar-refractivity contribution in [1.82, 2.24) is 9.97 Å². The molecule has 1 aromatic heterocycles. The molecule has 5 heteroatoms. The SMILES string of the molecule is N#CC1CN(c2nc3ccccc3[nH]2)CCO1. The molecule has 1 aliphatic heterocycles. The van der Waals surface area contributed by atoms with E-state index in [0.717, 1.165) is 23.5 Å². The zero-order valence-electron chi connectivity index (χ0n) is 9.26. The predicted octanol–water partition coefficient (Wildman–Crippen LogP) is 1.29. The van der Waals surface area contributed by atoms with Crippen LogP contribution in [0.3, 0.4) is 0 Å². The fourth-order valence-electron chi connectivity index (χ4n) is 2.01. The molecule has 0 radical (unpaired) electrons. The molecule has 17 heavy (non-hydrogen) atoms. The van der Waals surface area contributed by atoms with Gasteiger partial charge in [0, 0.05) is 6.54 Å². The first-order valence-electron chi connectivity index (χ1n) is 5.58. The molecule has 3 rings (SSSR count). The number of imidazole rings is 1. The number of hydrogen-bond acceptors (Lipinski definition) is 4. The van der Waals surface area contributed by atoms with Crippen molar-refractivity contribution in [3.63, 3.8) is 0 Å². The van der Waals surface area contributed by atoms with Gasteiger partial charge in [-0.3, -0.25) is 0 Å². The van der Waals surface area contributed by atoms with Crippen LogP contribution in [0.4, 0.5) is 5.95 Å². The van der Waals surface area contributed by atoms with Gasteiger partial charge in [0.05, 0.1) is 30.3 Å². The summed E-state index contributed by atoms with van der Waals surface area (Å²) in [5, 5.41) is 8.86. The van der Waals surface area contributed by atoms with Gasteiger partial charge in [-0.25, -0.2) is 4.98 Å². The van der Waals surface area contributed by atoms with Gasteiger partial charge in [0.15, 0.2) is 6.10 Å². The van der Waals surface area contributed by atoms with E-state index in [0.29, 0.717) is 13.2 Å². The molecule has 0 bridgehead atoms. The number of morpholine rings is 1. The van der Waals surface area contributed by atoms with E-state index in [2.05, 4.69) is 20.9 Å². The molecule has 1 saturated heterocycles. The largest absolute Gasteiger partial charge is 0.360 e. The molecule has 0 amide bonds. The van der Waals surface area contributed by atoms with Crippen LogP contribution in [0.15, 0.2) is 24.3 Å². The van der Waals surface area contributed by atoms with Gasteiger partial charge in [-0.05, 0) is 12.1 Å². The second-order valence-corrected chi connectivity index (χ2v) is 4.01. The highest BCUT2D eigenvalue weighted by atomic mass is 16.5. The van der Waals surface area contributed by atoms with Crippen LogP contribution in [-0.2, 0) is 4.74 Å². The second-order valence-electron chi connectivity index (χ2n) is 4.01. The maximum atomic E-state index is 8.86. The molecule has 1 N–H and O–H groups in total. The summed E-state index contributed by atoms with van der Waals surface area (Å²) in [6.45, 7) is 1.89. The van der Waals surface area contributed by atoms with Gasteiger partial charge in [0.25, 0.3) is 0 Å². The third-order valence-electron chi connectivity index (χ3n) is 2.89. The minimum absolute atomic E-state index is 0.364. The van der Waals surface area contributed by atoms with Crippen LogP contribution < -0.4 is 4.90 Å². The maximum absolute atomic E-state index is 8.86. The quantitative estimate of drug-likeness (QED) is 0.798. The van der Waals surface area contributed by atoms with Crippen LogP contribution in [0.2, 0.25) is 0 Å². The molecular weight excluding hydrogens is 216 g/mol. The molecule has 2 heterocycles. The van der Waals surface area contributed by atoms with Crippen LogP contribution in [-0.4, -0.2) is 35.8 Å². The number of H-pyrrole nitrogens is 1. The lowest BCUT2D eigenvalue weighted by atomic mass is 10.3. The maximum Gasteiger partial charge on any atom is 0.204 e. The summed E-state index contributed by atoms with van der Waals surface area (Å²) in [7, 11) is 0. The molecule has 86 valence electrons. The van der Waals surface area contributed by atoms with Crippen molar-refractivity contribution in [2.75, 3.05) is 24.6 Å². The first kappa shape index (κ1) is 10.1. The lowest BCUT2D eigenvalue weighted by Crippen LogP contribution is -2.42. The average molecular weight is 228 g/mol. The summed E-state index contributed by atoms with van der Waals surface area (Å²) in [6, 6.07) is 10.0. The van der Waals surface area contributed by atoms with Crippen LogP contribution in [0.1, 0.15) is 0 Å². The van der Waals surface area contributed by atoms with Crippen LogP contribution in [0.25, 0.3) is 11.0 Å². The number of aromatic nitrogens is 2. The van der Waals surface area contributed by atoms with E-state index in [4.69, 9.17) is 10.00 Å². The number of benzene rings is 1. The van der Waals surface area contributed by atoms with Crippen molar-refractivity contribution in [2.45, 2.75) is 6.10 Å². The van der Waals surface area contributed by atoms with Crippen molar-refractivity contribution < 1.29 is 4.74 Å². The van der Waals surface area contributed by atoms with Crippen molar-refractivity contribution in [2.24, 2.45) is 0 Å². The molecule has 0 spiro atoms. The number of nitriles is 1. The lowest BCUT2D eigenvalue weighted by Gasteiger charge is -2.29. The van der Waals surface area contributed by atoms with Gasteiger partial charge in [0.2, 0.25) is 5.95 Å². The summed E-state index contributed by atoms with van der Waals surface area (Å²) >= 11 is 0. The van der Waals surface area contributed by atoms with E-state index in [1.807, 2.05) is 24.3 Å². The first-order valence-corrected chi connectivity index (χ1v) is 5.58. The number of hydrogen-bond donors (Lipinski definition) is 1. The van der Waals surface area contributed by atoms with Gasteiger partial charge in [-0.1, -0.05) is 12.1 Å². The minimum atomic E-state index is -0.364. The first-order chi connectivity index (χ1) is 8.36. The average Bonchev–Trinajstić information content (AvgIpc) is 2.82. The number of fused-ring (bicyclic) bond motifs is 1. The Morgan fingerprint density at radius 2 is 2.35 bits per heavy atom. The Labute approximate surface area is 98.6 Å². The molecule has 1 aromatic carbocycles. The van der Waals surface area contributed by atoms with E-state index in [9.17, 15) is 0 Å². The van der Waals surface area contributed by atoms with Gasteiger partial charge >= 0.3 is 0 Å². The zero-order chi connectivity index (χ0) is 11.7. The molecule has 2 aromatic rings. The van der Waals surface area contributed by atoms with Gasteiger partial charge < -0.3 is 14.6 Å². The summed E-state index contributed by atoms with van der Waals surface area (Å²) in [6.07, 6.45) is -0.364. The number of nitrogens with one attached hydrogen (secondary N) is 1. The number of para-hydroxylation sites is 2. The van der Waals surface area contributed by atoms with E-state index in [1.165, 1.54) is 0 Å². The van der Waals surface area contributed by atoms with E-state index < -0.39 is 0 Å². The number of nitrogens with zero attached hydrogens (tertiary/aromatic N) is 3. The fraction of sp³-hybridized carbons (Fsp3) is 0.333. The highest BCUT2D eigenvalue weighted by Gasteiger charge is 2.22. The van der Waals surface area contributed by atoms with Crippen molar-refractivity contribution in [3.05, 3.63) is 24.3 Å². The second kappa shape index (κ2) is 4.07. The Kier molecular flexibility index (Phi) is 2.42. The van der Waals surface area contributed by atoms with E-state index >= 15 is 0 Å².